The molecule has 2 aromatic carbocycles. The van der Waals surface area contributed by atoms with Gasteiger partial charge in [0.2, 0.25) is 11.4 Å². The van der Waals surface area contributed by atoms with Gasteiger partial charge in [0.15, 0.2) is 24.8 Å². The van der Waals surface area contributed by atoms with E-state index >= 15 is 0 Å². The van der Waals surface area contributed by atoms with Crippen LogP contribution in [0.15, 0.2) is 91.5 Å². The number of aryl methyl sites for hydroxylation is 2. The van der Waals surface area contributed by atoms with E-state index in [1.165, 1.54) is 11.1 Å². The van der Waals surface area contributed by atoms with Gasteiger partial charge in [0.1, 0.15) is 0 Å². The third kappa shape index (κ3) is 6.73. The van der Waals surface area contributed by atoms with Crippen molar-refractivity contribution in [3.05, 3.63) is 108 Å². The molecular weight excluding hydrogens is 478 g/mol. The first-order valence-corrected chi connectivity index (χ1v) is 11.8. The molecule has 8 heteroatoms. The Bertz CT molecular complexity index is 1250. The zero-order valence-electron chi connectivity index (χ0n) is 18.3. The first kappa shape index (κ1) is 26.7. The third-order valence-electron chi connectivity index (χ3n) is 5.14. The van der Waals surface area contributed by atoms with Gasteiger partial charge in [-0.25, -0.2) is 0 Å². The van der Waals surface area contributed by atoms with Crippen molar-refractivity contribution in [1.82, 2.24) is 0 Å². The lowest BCUT2D eigenvalue weighted by molar-refractivity contribution is -0.596. The molecule has 0 aliphatic carbocycles. The lowest BCUT2D eigenvalue weighted by Crippen LogP contribution is -3.00. The van der Waals surface area contributed by atoms with Crippen molar-refractivity contribution in [2.75, 3.05) is 0 Å². The monoisotopic (exact) mass is 502 g/mol. The van der Waals surface area contributed by atoms with Crippen LogP contribution in [0, 0.1) is 13.8 Å². The summed E-state index contributed by atoms with van der Waals surface area (Å²) in [7, 11) is -4.14. The number of aromatic nitrogens is 2. The molecule has 2 N–H and O–H groups in total. The molecule has 172 valence electrons. The van der Waals surface area contributed by atoms with E-state index in [1.54, 1.807) is 12.1 Å². The van der Waals surface area contributed by atoms with Gasteiger partial charge in [-0.3, -0.25) is 4.57 Å². The Labute approximate surface area is 206 Å². The summed E-state index contributed by atoms with van der Waals surface area (Å²) >= 11 is 0. The maximum Gasteiger partial charge on any atom is 0.330 e. The van der Waals surface area contributed by atoms with Gasteiger partial charge in [-0.05, 0) is 36.1 Å². The molecule has 0 spiro atoms. The zero-order valence-corrected chi connectivity index (χ0v) is 20.7. The van der Waals surface area contributed by atoms with Crippen LogP contribution in [0.1, 0.15) is 16.7 Å². The Morgan fingerprint density at radius 2 is 1.21 bits per heavy atom. The van der Waals surface area contributed by atoms with E-state index in [0.29, 0.717) is 5.56 Å². The quantitative estimate of drug-likeness (QED) is 0.250. The predicted octanol–water partition coefficient (Wildman–Crippen LogP) is -1.79. The summed E-state index contributed by atoms with van der Waals surface area (Å²) in [4.78, 5) is 18.7. The van der Waals surface area contributed by atoms with Gasteiger partial charge in [0.25, 0.3) is 0 Å². The van der Waals surface area contributed by atoms with Crippen molar-refractivity contribution in [3.63, 3.8) is 0 Å². The second kappa shape index (κ2) is 11.1. The van der Waals surface area contributed by atoms with Crippen LogP contribution in [-0.4, -0.2) is 9.79 Å². The summed E-state index contributed by atoms with van der Waals surface area (Å²) < 4.78 is 15.5. The van der Waals surface area contributed by atoms with Gasteiger partial charge in [0, 0.05) is 48.0 Å². The van der Waals surface area contributed by atoms with Crippen molar-refractivity contribution in [1.29, 1.82) is 0 Å². The molecule has 4 aromatic rings. The van der Waals surface area contributed by atoms with Crippen LogP contribution in [0.4, 0.5) is 0 Å². The topological polar surface area (TPSA) is 65.3 Å². The average Bonchev–Trinajstić information content (AvgIpc) is 2.73. The lowest BCUT2D eigenvalue weighted by atomic mass is 10.1. The minimum Gasteiger partial charge on any atom is -1.00 e. The number of para-hydroxylation sites is 1. The van der Waals surface area contributed by atoms with E-state index in [4.69, 9.17) is 0 Å². The standard InChI is InChI=1S/C25H23N2O3P.2ClH/c1-19-15-20(2)17-24(16-19)26-11-7-21(8-12-26)22-9-13-27(14-10-22)25-6-4-3-5-23(25)18-31(28,29)30;;/h3-17H,18H2,1-2H3;2*1H. The Morgan fingerprint density at radius 3 is 1.73 bits per heavy atom. The summed E-state index contributed by atoms with van der Waals surface area (Å²) in [6.45, 7) is 4.20. The molecule has 0 amide bonds. The Balaban J connectivity index is 0.00000193. The fraction of sp³-hybridized carbons (Fsp3) is 0.120. The highest BCUT2D eigenvalue weighted by Gasteiger charge is 2.21. The van der Waals surface area contributed by atoms with Gasteiger partial charge < -0.3 is 34.6 Å². The van der Waals surface area contributed by atoms with Crippen LogP contribution >= 0.6 is 7.60 Å². The molecule has 0 radical (unpaired) electrons. The largest absolute Gasteiger partial charge is 1.00 e. The van der Waals surface area contributed by atoms with Gasteiger partial charge in [-0.15, -0.1) is 0 Å². The van der Waals surface area contributed by atoms with Gasteiger partial charge in [-0.1, -0.05) is 24.3 Å². The minimum absolute atomic E-state index is 0. The average molecular weight is 503 g/mol. The second-order valence-electron chi connectivity index (χ2n) is 7.79. The SMILES string of the molecule is Cc1cc(C)cc(-[n+]2ccc(-c3cc[n+](-c4ccccc4CP(=O)(O)O)cc3)cc2)c1.[Cl-].[Cl-]. The fourth-order valence-electron chi connectivity index (χ4n) is 3.79. The highest BCUT2D eigenvalue weighted by atomic mass is 35.5. The number of benzene rings is 2. The van der Waals surface area contributed by atoms with Crippen LogP contribution in [-0.2, 0) is 10.7 Å². The van der Waals surface area contributed by atoms with Gasteiger partial charge in [0.05, 0.1) is 6.16 Å². The molecule has 0 atom stereocenters. The smallest absolute Gasteiger partial charge is 0.330 e. The normalized spacial score (nSPS) is 10.8. The molecule has 0 aliphatic rings. The molecule has 0 bridgehead atoms. The summed E-state index contributed by atoms with van der Waals surface area (Å²) in [5.41, 5.74) is 7.14. The molecule has 2 aromatic heterocycles. The van der Waals surface area contributed by atoms with Crippen LogP contribution in [0.3, 0.4) is 0 Å². The van der Waals surface area contributed by atoms with E-state index in [9.17, 15) is 14.4 Å². The maximum atomic E-state index is 11.5. The molecule has 5 nitrogen and oxygen atoms in total. The first-order chi connectivity index (χ1) is 14.8. The number of rotatable bonds is 5. The molecule has 0 fully saturated rings. The zero-order chi connectivity index (χ0) is 22.0. The maximum absolute atomic E-state index is 11.5. The molecule has 0 saturated carbocycles. The number of halogens is 2. The summed E-state index contributed by atoms with van der Waals surface area (Å²) in [5, 5.41) is 0. The predicted molar refractivity (Wildman–Crippen MR) is 120 cm³/mol. The van der Waals surface area contributed by atoms with E-state index < -0.39 is 7.60 Å². The second-order valence-corrected chi connectivity index (χ2v) is 9.43. The van der Waals surface area contributed by atoms with E-state index in [2.05, 4.69) is 61.1 Å². The fourth-order valence-corrected chi connectivity index (χ4v) is 4.50. The summed E-state index contributed by atoms with van der Waals surface area (Å²) in [6.07, 6.45) is 7.66. The van der Waals surface area contributed by atoms with Crippen molar-refractivity contribution in [2.24, 2.45) is 0 Å². The molecule has 0 aliphatic heterocycles. The third-order valence-corrected chi connectivity index (χ3v) is 5.90. The number of hydrogen-bond donors (Lipinski definition) is 2. The number of nitrogens with zero attached hydrogens (tertiary/aromatic N) is 2. The lowest BCUT2D eigenvalue weighted by Gasteiger charge is -2.07. The molecule has 4 rings (SSSR count). The van der Waals surface area contributed by atoms with Crippen molar-refractivity contribution < 1.29 is 48.3 Å². The summed E-state index contributed by atoms with van der Waals surface area (Å²) in [6, 6.07) is 21.9. The van der Waals surface area contributed by atoms with Gasteiger partial charge >= 0.3 is 7.60 Å². The number of pyridine rings is 2. The van der Waals surface area contributed by atoms with Crippen molar-refractivity contribution >= 4 is 7.60 Å². The van der Waals surface area contributed by atoms with Crippen LogP contribution in [0.25, 0.3) is 22.5 Å². The van der Waals surface area contributed by atoms with Crippen LogP contribution in [0.5, 0.6) is 0 Å². The molecular formula is C25H25Cl2N2O3P. The number of hydrogen-bond acceptors (Lipinski definition) is 1. The Kier molecular flexibility index (Phi) is 8.96. The highest BCUT2D eigenvalue weighted by Crippen LogP contribution is 2.39. The molecule has 33 heavy (non-hydrogen) atoms. The first-order valence-electron chi connectivity index (χ1n) is 10.0. The highest BCUT2D eigenvalue weighted by molar-refractivity contribution is 7.50. The van der Waals surface area contributed by atoms with Crippen molar-refractivity contribution in [2.45, 2.75) is 20.0 Å². The van der Waals surface area contributed by atoms with Crippen LogP contribution < -0.4 is 33.9 Å². The molecule has 2 heterocycles. The summed E-state index contributed by atoms with van der Waals surface area (Å²) in [5.74, 6) is 0. The van der Waals surface area contributed by atoms with E-state index in [-0.39, 0.29) is 31.0 Å². The van der Waals surface area contributed by atoms with Crippen molar-refractivity contribution in [3.8, 4) is 22.5 Å². The van der Waals surface area contributed by atoms with Crippen LogP contribution in [0.2, 0.25) is 0 Å². The van der Waals surface area contributed by atoms with Gasteiger partial charge in [-0.2, -0.15) is 9.13 Å². The van der Waals surface area contributed by atoms with E-state index in [1.807, 2.05) is 41.2 Å². The molecule has 0 saturated heterocycles. The Hall–Kier alpha value is -2.53. The van der Waals surface area contributed by atoms with E-state index in [0.717, 1.165) is 22.5 Å². The minimum atomic E-state index is -4.14. The molecule has 0 unspecified atom stereocenters. The Morgan fingerprint density at radius 1 is 0.727 bits per heavy atom.